The molecular formula is C17H18ClN5O. The zero-order chi connectivity index (χ0) is 17.7. The van der Waals surface area contributed by atoms with Gasteiger partial charge in [-0.05, 0) is 44.2 Å². The average molecular weight is 344 g/mol. The van der Waals surface area contributed by atoms with Gasteiger partial charge in [0.25, 0.3) is 0 Å². The molecule has 0 aliphatic carbocycles. The van der Waals surface area contributed by atoms with Gasteiger partial charge in [-0.15, -0.1) is 0 Å². The number of benzene rings is 1. The van der Waals surface area contributed by atoms with Gasteiger partial charge in [-0.25, -0.2) is 9.67 Å². The minimum atomic E-state index is 0.186. The van der Waals surface area contributed by atoms with E-state index in [0.717, 1.165) is 11.4 Å². The Bertz CT molecular complexity index is 818. The van der Waals surface area contributed by atoms with Gasteiger partial charge in [0.1, 0.15) is 5.84 Å². The van der Waals surface area contributed by atoms with Crippen LogP contribution in [-0.4, -0.2) is 21.9 Å². The normalized spacial score (nSPS) is 12.1. The van der Waals surface area contributed by atoms with Crippen molar-refractivity contribution in [3.8, 4) is 0 Å². The lowest BCUT2D eigenvalue weighted by Crippen LogP contribution is -2.17. The van der Waals surface area contributed by atoms with Crippen LogP contribution in [0.25, 0.3) is 5.82 Å². The molecule has 0 spiro atoms. The average Bonchev–Trinajstić information content (AvgIpc) is 2.90. The molecule has 0 radical (unpaired) electrons. The molecule has 1 aromatic carbocycles. The third-order valence-corrected chi connectivity index (χ3v) is 3.41. The first kappa shape index (κ1) is 17.5. The number of aliphatic imine (C=N–C) groups is 1. The fourth-order valence-electron chi connectivity index (χ4n) is 2.04. The Morgan fingerprint density at radius 1 is 1.38 bits per heavy atom. The molecule has 0 atom stereocenters. The van der Waals surface area contributed by atoms with Gasteiger partial charge in [0.2, 0.25) is 0 Å². The molecule has 0 saturated heterocycles. The summed E-state index contributed by atoms with van der Waals surface area (Å²) >= 11 is 5.88. The van der Waals surface area contributed by atoms with Crippen molar-refractivity contribution in [1.82, 2.24) is 9.78 Å². The second kappa shape index (κ2) is 7.61. The number of amidine groups is 1. The monoisotopic (exact) mass is 343 g/mol. The number of aromatic nitrogens is 2. The van der Waals surface area contributed by atoms with Gasteiger partial charge < -0.3 is 11.1 Å². The smallest absolute Gasteiger partial charge is 0.171 e. The summed E-state index contributed by atoms with van der Waals surface area (Å²) in [5.41, 5.74) is 8.30. The van der Waals surface area contributed by atoms with E-state index in [1.165, 1.54) is 6.20 Å². The van der Waals surface area contributed by atoms with E-state index in [1.54, 1.807) is 28.9 Å². The van der Waals surface area contributed by atoms with E-state index < -0.39 is 0 Å². The predicted octanol–water partition coefficient (Wildman–Crippen LogP) is 3.13. The molecule has 0 saturated carbocycles. The van der Waals surface area contributed by atoms with E-state index in [9.17, 15) is 4.79 Å². The highest BCUT2D eigenvalue weighted by molar-refractivity contribution is 6.30. The van der Waals surface area contributed by atoms with Gasteiger partial charge in [-0.1, -0.05) is 18.2 Å². The first-order chi connectivity index (χ1) is 11.4. The number of rotatable bonds is 5. The SMILES string of the molecule is C=C(C=O)/C(=N\C(=C/N)n1nc(C)cc1C)Nc1ccc(Cl)cc1. The van der Waals surface area contributed by atoms with Gasteiger partial charge in [-0.2, -0.15) is 5.10 Å². The van der Waals surface area contributed by atoms with E-state index in [0.29, 0.717) is 22.8 Å². The summed E-state index contributed by atoms with van der Waals surface area (Å²) in [6, 6.07) is 8.90. The maximum absolute atomic E-state index is 11.2. The molecule has 1 heterocycles. The Morgan fingerprint density at radius 2 is 2.04 bits per heavy atom. The lowest BCUT2D eigenvalue weighted by atomic mass is 10.2. The summed E-state index contributed by atoms with van der Waals surface area (Å²) in [5, 5.41) is 7.99. The molecule has 0 unspecified atom stereocenters. The molecule has 6 nitrogen and oxygen atoms in total. The summed E-state index contributed by atoms with van der Waals surface area (Å²) < 4.78 is 1.59. The Kier molecular flexibility index (Phi) is 5.55. The number of carbonyl (C=O) groups is 1. The van der Waals surface area contributed by atoms with Crippen molar-refractivity contribution in [2.45, 2.75) is 13.8 Å². The van der Waals surface area contributed by atoms with Crippen LogP contribution >= 0.6 is 11.6 Å². The molecule has 0 bridgehead atoms. The van der Waals surface area contributed by atoms with Gasteiger partial charge >= 0.3 is 0 Å². The van der Waals surface area contributed by atoms with Crippen LogP contribution in [0.3, 0.4) is 0 Å². The van der Waals surface area contributed by atoms with Crippen LogP contribution in [0.2, 0.25) is 5.02 Å². The minimum absolute atomic E-state index is 0.186. The molecule has 0 amide bonds. The van der Waals surface area contributed by atoms with E-state index in [4.69, 9.17) is 17.3 Å². The number of nitrogens with one attached hydrogen (secondary N) is 1. The standard InChI is InChI=1S/C17H18ClN5O/c1-11(10-24)17(20-15-6-4-14(18)5-7-15)21-16(9-19)23-13(3)8-12(2)22-23/h4-10H,1,19H2,2-3H3,(H,20,21)/b16-9+. The van der Waals surface area contributed by atoms with Crippen molar-refractivity contribution in [2.75, 3.05) is 5.32 Å². The number of nitrogens with zero attached hydrogens (tertiary/aromatic N) is 3. The van der Waals surface area contributed by atoms with Crippen LogP contribution in [0.1, 0.15) is 11.4 Å². The second-order valence-corrected chi connectivity index (χ2v) is 5.54. The topological polar surface area (TPSA) is 85.3 Å². The largest absolute Gasteiger partial charge is 0.402 e. The highest BCUT2D eigenvalue weighted by atomic mass is 35.5. The van der Waals surface area contributed by atoms with E-state index in [2.05, 4.69) is 22.0 Å². The van der Waals surface area contributed by atoms with E-state index in [1.807, 2.05) is 19.9 Å². The lowest BCUT2D eigenvalue weighted by Gasteiger charge is -2.11. The molecule has 3 N–H and O–H groups in total. The second-order valence-electron chi connectivity index (χ2n) is 5.10. The number of nitrogens with two attached hydrogens (primary N) is 1. The number of hydrogen-bond donors (Lipinski definition) is 2. The van der Waals surface area contributed by atoms with Crippen molar-refractivity contribution >= 4 is 35.2 Å². The predicted molar refractivity (Wildman–Crippen MR) is 97.9 cm³/mol. The van der Waals surface area contributed by atoms with Gasteiger partial charge in [0.05, 0.1) is 5.69 Å². The van der Waals surface area contributed by atoms with E-state index >= 15 is 0 Å². The number of halogens is 1. The number of carbonyl (C=O) groups excluding carboxylic acids is 1. The third-order valence-electron chi connectivity index (χ3n) is 3.16. The number of anilines is 1. The zero-order valence-corrected chi connectivity index (χ0v) is 14.2. The molecule has 0 fully saturated rings. The van der Waals surface area contributed by atoms with Crippen molar-refractivity contribution in [1.29, 1.82) is 0 Å². The van der Waals surface area contributed by atoms with E-state index in [-0.39, 0.29) is 11.4 Å². The Morgan fingerprint density at radius 3 is 2.54 bits per heavy atom. The van der Waals surface area contributed by atoms with Crippen molar-refractivity contribution in [2.24, 2.45) is 10.7 Å². The van der Waals surface area contributed by atoms with Crippen LogP contribution in [0.15, 0.2) is 53.7 Å². The van der Waals surface area contributed by atoms with Gasteiger partial charge in [0.15, 0.2) is 12.1 Å². The maximum atomic E-state index is 11.2. The highest BCUT2D eigenvalue weighted by Crippen LogP contribution is 2.16. The number of aldehydes is 1. The summed E-state index contributed by atoms with van der Waals surface area (Å²) in [7, 11) is 0. The van der Waals surface area contributed by atoms with Gasteiger partial charge in [-0.3, -0.25) is 4.79 Å². The fourth-order valence-corrected chi connectivity index (χ4v) is 2.16. The van der Waals surface area contributed by atoms with Crippen LogP contribution in [0.5, 0.6) is 0 Å². The molecule has 7 heteroatoms. The number of aryl methyl sites for hydroxylation is 2. The number of hydrogen-bond acceptors (Lipinski definition) is 4. The summed E-state index contributed by atoms with van der Waals surface area (Å²) in [5.74, 6) is 0.650. The Hall–Kier alpha value is -2.86. The maximum Gasteiger partial charge on any atom is 0.171 e. The lowest BCUT2D eigenvalue weighted by molar-refractivity contribution is -0.104. The molecule has 2 aromatic rings. The molecular weight excluding hydrogens is 326 g/mol. The summed E-state index contributed by atoms with van der Waals surface area (Å²) in [6.45, 7) is 7.47. The minimum Gasteiger partial charge on any atom is -0.402 e. The highest BCUT2D eigenvalue weighted by Gasteiger charge is 2.10. The summed E-state index contributed by atoms with van der Waals surface area (Å²) in [4.78, 5) is 15.6. The molecule has 2 rings (SSSR count). The van der Waals surface area contributed by atoms with Gasteiger partial charge in [0, 0.05) is 28.2 Å². The van der Waals surface area contributed by atoms with Crippen LogP contribution in [0.4, 0.5) is 5.69 Å². The van der Waals surface area contributed by atoms with Crippen LogP contribution < -0.4 is 11.1 Å². The fraction of sp³-hybridized carbons (Fsp3) is 0.118. The Balaban J connectivity index is 2.40. The third kappa shape index (κ3) is 4.11. The molecule has 1 aromatic heterocycles. The van der Waals surface area contributed by atoms with Crippen molar-refractivity contribution in [3.63, 3.8) is 0 Å². The quantitative estimate of drug-likeness (QED) is 0.378. The molecule has 0 aliphatic heterocycles. The van der Waals surface area contributed by atoms with Crippen molar-refractivity contribution < 1.29 is 4.79 Å². The molecule has 0 aliphatic rings. The Labute approximate surface area is 145 Å². The first-order valence-corrected chi connectivity index (χ1v) is 7.53. The van der Waals surface area contributed by atoms with Crippen LogP contribution in [0, 0.1) is 13.8 Å². The molecule has 124 valence electrons. The zero-order valence-electron chi connectivity index (χ0n) is 13.5. The molecule has 24 heavy (non-hydrogen) atoms. The summed E-state index contributed by atoms with van der Waals surface area (Å²) in [6.07, 6.45) is 1.94. The van der Waals surface area contributed by atoms with Crippen molar-refractivity contribution in [3.05, 3.63) is 65.1 Å². The first-order valence-electron chi connectivity index (χ1n) is 7.16. The van der Waals surface area contributed by atoms with Crippen LogP contribution in [-0.2, 0) is 4.79 Å².